The van der Waals surface area contributed by atoms with Gasteiger partial charge in [-0.3, -0.25) is 9.78 Å². The molecule has 0 radical (unpaired) electrons. The molecule has 0 fully saturated rings. The molecule has 0 N–H and O–H groups in total. The number of carbonyl (C=O) groups excluding carboxylic acids is 1. The highest BCUT2D eigenvalue weighted by Gasteiger charge is 2.47. The topological polar surface area (TPSA) is 55.7 Å². The molecule has 2 heterocycles. The molecule has 2 aromatic heterocycles. The summed E-state index contributed by atoms with van der Waals surface area (Å²) in [6.45, 7) is 6.34. The first-order valence-electron chi connectivity index (χ1n) is 8.52. The summed E-state index contributed by atoms with van der Waals surface area (Å²) in [5, 5.41) is 0. The number of ketones is 1. The summed E-state index contributed by atoms with van der Waals surface area (Å²) in [7, 11) is 0. The van der Waals surface area contributed by atoms with Crippen molar-refractivity contribution in [3.8, 4) is 11.4 Å². The Bertz CT molecular complexity index is 843. The summed E-state index contributed by atoms with van der Waals surface area (Å²) in [5.41, 5.74) is 4.16. The van der Waals surface area contributed by atoms with E-state index in [2.05, 4.69) is 31.8 Å². The molecule has 0 saturated carbocycles. The fraction of sp³-hybridized carbons (Fsp3) is 0.400. The Labute approximate surface area is 142 Å². The third kappa shape index (κ3) is 2.13. The second-order valence-corrected chi connectivity index (χ2v) is 7.15. The molecular weight excluding hydrogens is 298 g/mol. The van der Waals surface area contributed by atoms with Crippen molar-refractivity contribution >= 4 is 5.78 Å². The molecule has 24 heavy (non-hydrogen) atoms. The van der Waals surface area contributed by atoms with Gasteiger partial charge in [-0.2, -0.15) is 0 Å². The highest BCUT2D eigenvalue weighted by atomic mass is 16.1. The molecule has 4 heteroatoms. The lowest BCUT2D eigenvalue weighted by Gasteiger charge is -2.45. The zero-order valence-corrected chi connectivity index (χ0v) is 14.3. The number of fused-ring (bicyclic) bond motifs is 3. The molecular formula is C20H21N3O. The zero-order valence-electron chi connectivity index (χ0n) is 14.3. The van der Waals surface area contributed by atoms with E-state index in [1.165, 1.54) is 5.56 Å². The van der Waals surface area contributed by atoms with Crippen LogP contribution < -0.4 is 0 Å². The van der Waals surface area contributed by atoms with Crippen LogP contribution >= 0.6 is 0 Å². The lowest BCUT2D eigenvalue weighted by Crippen LogP contribution is -2.44. The summed E-state index contributed by atoms with van der Waals surface area (Å²) in [6, 6.07) is 3.87. The van der Waals surface area contributed by atoms with Gasteiger partial charge in [0.25, 0.3) is 0 Å². The smallest absolute Gasteiger partial charge is 0.159 e. The molecule has 4 nitrogen and oxygen atoms in total. The van der Waals surface area contributed by atoms with Crippen LogP contribution in [0.3, 0.4) is 0 Å². The Morgan fingerprint density at radius 2 is 1.96 bits per heavy atom. The number of carbonyl (C=O) groups is 1. The minimum atomic E-state index is -0.198. The normalized spacial score (nSPS) is 28.4. The van der Waals surface area contributed by atoms with E-state index in [0.717, 1.165) is 35.6 Å². The summed E-state index contributed by atoms with van der Waals surface area (Å²) < 4.78 is 0. The predicted molar refractivity (Wildman–Crippen MR) is 92.5 cm³/mol. The van der Waals surface area contributed by atoms with Crippen LogP contribution in [0, 0.1) is 18.8 Å². The van der Waals surface area contributed by atoms with Gasteiger partial charge < -0.3 is 0 Å². The summed E-state index contributed by atoms with van der Waals surface area (Å²) in [6.07, 6.45) is 9.31. The highest BCUT2D eigenvalue weighted by Crippen LogP contribution is 2.48. The molecule has 0 unspecified atom stereocenters. The maximum Gasteiger partial charge on any atom is 0.159 e. The molecule has 0 amide bonds. The zero-order chi connectivity index (χ0) is 16.9. The first kappa shape index (κ1) is 15.2. The van der Waals surface area contributed by atoms with E-state index in [9.17, 15) is 4.79 Å². The van der Waals surface area contributed by atoms with Gasteiger partial charge in [-0.05, 0) is 49.5 Å². The predicted octanol–water partition coefficient (Wildman–Crippen LogP) is 3.44. The Morgan fingerprint density at radius 1 is 1.21 bits per heavy atom. The van der Waals surface area contributed by atoms with Crippen LogP contribution in [0.5, 0.6) is 0 Å². The van der Waals surface area contributed by atoms with Crippen LogP contribution in [0.25, 0.3) is 11.4 Å². The van der Waals surface area contributed by atoms with Crippen molar-refractivity contribution in [1.29, 1.82) is 0 Å². The molecule has 2 aliphatic rings. The molecule has 0 aliphatic heterocycles. The number of aromatic nitrogens is 3. The standard InChI is InChI=1S/C20H21N3O/c1-12-16-5-4-15-13(2)22-19(14-7-10-21-11-8-14)23-18(15)20(16,3)9-6-17(12)24/h6-12,16H,4-5H2,1-3H3/t12-,16-,20-/m1/s1. The van der Waals surface area contributed by atoms with E-state index in [0.29, 0.717) is 5.92 Å². The molecule has 2 aliphatic carbocycles. The maximum absolute atomic E-state index is 12.1. The van der Waals surface area contributed by atoms with Crippen LogP contribution in [0.2, 0.25) is 0 Å². The van der Waals surface area contributed by atoms with Crippen molar-refractivity contribution in [3.05, 3.63) is 53.6 Å². The van der Waals surface area contributed by atoms with Crippen molar-refractivity contribution in [1.82, 2.24) is 15.0 Å². The molecule has 3 atom stereocenters. The quantitative estimate of drug-likeness (QED) is 0.808. The molecule has 0 aromatic carbocycles. The van der Waals surface area contributed by atoms with E-state index >= 15 is 0 Å². The van der Waals surface area contributed by atoms with Gasteiger partial charge >= 0.3 is 0 Å². The molecule has 4 rings (SSSR count). The second kappa shape index (κ2) is 5.33. The third-order valence-electron chi connectivity index (χ3n) is 5.78. The Hall–Kier alpha value is -2.36. The van der Waals surface area contributed by atoms with Gasteiger partial charge in [0.2, 0.25) is 0 Å². The molecule has 0 spiro atoms. The molecule has 2 aromatic rings. The Morgan fingerprint density at radius 3 is 2.71 bits per heavy atom. The number of allylic oxidation sites excluding steroid dienone is 2. The van der Waals surface area contributed by atoms with Crippen LogP contribution in [0.1, 0.15) is 37.2 Å². The van der Waals surface area contributed by atoms with Gasteiger partial charge in [-0.1, -0.05) is 19.9 Å². The first-order valence-corrected chi connectivity index (χ1v) is 8.52. The number of rotatable bonds is 1. The van der Waals surface area contributed by atoms with Crippen LogP contribution in [-0.2, 0) is 16.6 Å². The summed E-state index contributed by atoms with van der Waals surface area (Å²) in [5.74, 6) is 1.34. The SMILES string of the molecule is Cc1nc(-c2ccncc2)nc2c1CC[C@@H]1[C@@H](C)C(=O)C=C[C@@]21C. The first-order chi connectivity index (χ1) is 11.5. The largest absolute Gasteiger partial charge is 0.295 e. The van der Waals surface area contributed by atoms with Crippen molar-refractivity contribution in [3.63, 3.8) is 0 Å². The van der Waals surface area contributed by atoms with E-state index in [1.54, 1.807) is 18.5 Å². The number of hydrogen-bond acceptors (Lipinski definition) is 4. The number of aryl methyl sites for hydroxylation is 1. The third-order valence-corrected chi connectivity index (χ3v) is 5.78. The van der Waals surface area contributed by atoms with Gasteiger partial charge in [0.05, 0.1) is 5.69 Å². The fourth-order valence-electron chi connectivity index (χ4n) is 4.32. The molecule has 122 valence electrons. The van der Waals surface area contributed by atoms with Crippen molar-refractivity contribution in [2.75, 3.05) is 0 Å². The maximum atomic E-state index is 12.1. The fourth-order valence-corrected chi connectivity index (χ4v) is 4.32. The van der Waals surface area contributed by atoms with Gasteiger partial charge in [-0.25, -0.2) is 9.97 Å². The molecule has 0 saturated heterocycles. The summed E-state index contributed by atoms with van der Waals surface area (Å²) in [4.78, 5) is 25.9. The number of hydrogen-bond donors (Lipinski definition) is 0. The summed E-state index contributed by atoms with van der Waals surface area (Å²) >= 11 is 0. The van der Waals surface area contributed by atoms with E-state index in [1.807, 2.05) is 12.1 Å². The van der Waals surface area contributed by atoms with Crippen molar-refractivity contribution in [2.24, 2.45) is 11.8 Å². The monoisotopic (exact) mass is 319 g/mol. The van der Waals surface area contributed by atoms with Gasteiger partial charge in [0.1, 0.15) is 0 Å². The van der Waals surface area contributed by atoms with Crippen LogP contribution in [-0.4, -0.2) is 20.7 Å². The van der Waals surface area contributed by atoms with E-state index in [4.69, 9.17) is 9.97 Å². The van der Waals surface area contributed by atoms with Gasteiger partial charge in [0.15, 0.2) is 11.6 Å². The average Bonchev–Trinajstić information content (AvgIpc) is 2.60. The van der Waals surface area contributed by atoms with Crippen molar-refractivity contribution < 1.29 is 4.79 Å². The molecule has 0 bridgehead atoms. The Balaban J connectivity index is 1.92. The van der Waals surface area contributed by atoms with E-state index in [-0.39, 0.29) is 17.1 Å². The van der Waals surface area contributed by atoms with Crippen LogP contribution in [0.4, 0.5) is 0 Å². The number of pyridine rings is 1. The van der Waals surface area contributed by atoms with E-state index < -0.39 is 0 Å². The lowest BCUT2D eigenvalue weighted by molar-refractivity contribution is -0.120. The Kier molecular flexibility index (Phi) is 3.37. The average molecular weight is 319 g/mol. The lowest BCUT2D eigenvalue weighted by atomic mass is 9.59. The minimum absolute atomic E-state index is 0.0489. The van der Waals surface area contributed by atoms with Crippen molar-refractivity contribution in [2.45, 2.75) is 39.0 Å². The van der Waals surface area contributed by atoms with Gasteiger partial charge in [-0.15, -0.1) is 0 Å². The van der Waals surface area contributed by atoms with Gasteiger partial charge in [0, 0.05) is 35.0 Å². The number of nitrogens with zero attached hydrogens (tertiary/aromatic N) is 3. The minimum Gasteiger partial charge on any atom is -0.295 e. The van der Waals surface area contributed by atoms with Crippen LogP contribution in [0.15, 0.2) is 36.7 Å². The second-order valence-electron chi connectivity index (χ2n) is 7.15. The highest BCUT2D eigenvalue weighted by molar-refractivity contribution is 5.93.